The summed E-state index contributed by atoms with van der Waals surface area (Å²) in [5.74, 6) is 0.804. The predicted octanol–water partition coefficient (Wildman–Crippen LogP) is 3.36. The molecule has 1 saturated heterocycles. The Bertz CT molecular complexity index is 1750. The third-order valence-corrected chi connectivity index (χ3v) is 8.39. The molecule has 37 heavy (non-hydrogen) atoms. The van der Waals surface area contributed by atoms with Crippen molar-refractivity contribution in [3.63, 3.8) is 0 Å². The first-order valence-corrected chi connectivity index (χ1v) is 13.1. The van der Waals surface area contributed by atoms with Crippen LogP contribution in [0.15, 0.2) is 83.8 Å². The van der Waals surface area contributed by atoms with Gasteiger partial charge in [0, 0.05) is 37.6 Å². The summed E-state index contributed by atoms with van der Waals surface area (Å²) in [6, 6.07) is 22.2. The number of sulfonamides is 1. The van der Waals surface area contributed by atoms with Gasteiger partial charge in [-0.25, -0.2) is 17.8 Å². The number of fused-ring (bicyclic) bond motifs is 3. The summed E-state index contributed by atoms with van der Waals surface area (Å²) in [5, 5.41) is 21.3. The van der Waals surface area contributed by atoms with Crippen LogP contribution in [0.2, 0.25) is 0 Å². The predicted molar refractivity (Wildman–Crippen MR) is 138 cm³/mol. The molecule has 0 aliphatic carbocycles. The average molecular weight is 516 g/mol. The van der Waals surface area contributed by atoms with Gasteiger partial charge in [-0.05, 0) is 30.3 Å². The number of rotatable bonds is 5. The van der Waals surface area contributed by atoms with Gasteiger partial charge in [-0.15, -0.1) is 10.2 Å². The zero-order valence-electron chi connectivity index (χ0n) is 19.5. The normalized spacial score (nSPS) is 14.9. The van der Waals surface area contributed by atoms with Crippen LogP contribution in [0.4, 0.5) is 11.6 Å². The summed E-state index contributed by atoms with van der Waals surface area (Å²) in [7, 11) is -3.62. The van der Waals surface area contributed by atoms with Gasteiger partial charge in [-0.2, -0.15) is 4.31 Å². The van der Waals surface area contributed by atoms with E-state index in [9.17, 15) is 18.5 Å². The van der Waals surface area contributed by atoms with Crippen LogP contribution >= 0.6 is 0 Å². The van der Waals surface area contributed by atoms with Gasteiger partial charge in [0.1, 0.15) is 0 Å². The molecule has 1 fully saturated rings. The molecule has 186 valence electrons. The SMILES string of the molecule is O=[N+]([O-])c1ccccc1-c1nnc2c3ccccc3nc(N3CCN(S(=O)(=O)c4ccccc4)CC3)n12. The van der Waals surface area contributed by atoms with Crippen LogP contribution in [-0.2, 0) is 10.0 Å². The van der Waals surface area contributed by atoms with Crippen molar-refractivity contribution in [3.8, 4) is 11.4 Å². The highest BCUT2D eigenvalue weighted by Crippen LogP contribution is 2.33. The van der Waals surface area contributed by atoms with E-state index in [1.807, 2.05) is 29.2 Å². The van der Waals surface area contributed by atoms with E-state index in [0.717, 1.165) is 5.39 Å². The minimum absolute atomic E-state index is 0.0883. The van der Waals surface area contributed by atoms with Gasteiger partial charge in [0.05, 0.1) is 20.9 Å². The fraction of sp³-hybridized carbons (Fsp3) is 0.160. The Morgan fingerprint density at radius 1 is 0.811 bits per heavy atom. The van der Waals surface area contributed by atoms with Crippen molar-refractivity contribution in [3.05, 3.63) is 89.0 Å². The maximum absolute atomic E-state index is 13.1. The fourth-order valence-corrected chi connectivity index (χ4v) is 6.09. The highest BCUT2D eigenvalue weighted by atomic mass is 32.2. The number of nitrogens with zero attached hydrogens (tertiary/aromatic N) is 7. The van der Waals surface area contributed by atoms with Gasteiger partial charge in [-0.3, -0.25) is 10.1 Å². The van der Waals surface area contributed by atoms with Crippen LogP contribution in [0.5, 0.6) is 0 Å². The van der Waals surface area contributed by atoms with Crippen molar-refractivity contribution in [2.24, 2.45) is 0 Å². The van der Waals surface area contributed by atoms with E-state index in [4.69, 9.17) is 4.98 Å². The Kier molecular flexibility index (Phi) is 5.54. The van der Waals surface area contributed by atoms with Gasteiger partial charge in [0.15, 0.2) is 11.5 Å². The van der Waals surface area contributed by atoms with Gasteiger partial charge < -0.3 is 4.90 Å². The number of hydrogen-bond acceptors (Lipinski definition) is 8. The molecular formula is C25H21N7O4S. The smallest absolute Gasteiger partial charge is 0.280 e. The summed E-state index contributed by atoms with van der Waals surface area (Å²) in [5.41, 5.74) is 1.46. The topological polar surface area (TPSA) is 127 Å². The van der Waals surface area contributed by atoms with Crippen LogP contribution in [0.1, 0.15) is 0 Å². The van der Waals surface area contributed by atoms with E-state index >= 15 is 0 Å². The molecule has 6 rings (SSSR count). The van der Waals surface area contributed by atoms with Crippen molar-refractivity contribution in [2.75, 3.05) is 31.1 Å². The third kappa shape index (κ3) is 3.86. The molecule has 0 radical (unpaired) electrons. The zero-order chi connectivity index (χ0) is 25.6. The minimum atomic E-state index is -3.62. The number of aromatic nitrogens is 4. The number of para-hydroxylation sites is 2. The van der Waals surface area contributed by atoms with E-state index in [-0.39, 0.29) is 23.7 Å². The Morgan fingerprint density at radius 3 is 2.24 bits per heavy atom. The summed E-state index contributed by atoms with van der Waals surface area (Å²) in [4.78, 5) is 18.4. The molecule has 0 bridgehead atoms. The number of nitro groups is 1. The second-order valence-electron chi connectivity index (χ2n) is 8.59. The number of anilines is 1. The second-order valence-corrected chi connectivity index (χ2v) is 10.5. The summed E-state index contributed by atoms with van der Waals surface area (Å²) in [6.45, 7) is 1.27. The summed E-state index contributed by atoms with van der Waals surface area (Å²) in [6.07, 6.45) is 0. The standard InChI is InChI=1S/C25H21N7O4S/c33-32(34)22-13-7-5-11-20(22)24-28-27-23-19-10-4-6-12-21(19)26-25(31(23)24)29-14-16-30(17-15-29)37(35,36)18-8-2-1-3-9-18/h1-13H,14-17H2. The molecule has 0 spiro atoms. The van der Waals surface area contributed by atoms with E-state index in [1.54, 1.807) is 52.9 Å². The lowest BCUT2D eigenvalue weighted by atomic mass is 10.1. The average Bonchev–Trinajstić information content (AvgIpc) is 3.39. The molecule has 3 aromatic carbocycles. The quantitative estimate of drug-likeness (QED) is 0.258. The monoisotopic (exact) mass is 515 g/mol. The van der Waals surface area contributed by atoms with Crippen LogP contribution in [0.25, 0.3) is 27.9 Å². The van der Waals surface area contributed by atoms with Crippen molar-refractivity contribution < 1.29 is 13.3 Å². The molecule has 0 unspecified atom stereocenters. The Labute approximate surface area is 211 Å². The van der Waals surface area contributed by atoms with E-state index in [1.165, 1.54) is 10.4 Å². The molecule has 2 aromatic heterocycles. The van der Waals surface area contributed by atoms with Crippen LogP contribution in [0, 0.1) is 10.1 Å². The molecule has 0 saturated carbocycles. The number of hydrogen-bond donors (Lipinski definition) is 0. The van der Waals surface area contributed by atoms with E-state index < -0.39 is 14.9 Å². The van der Waals surface area contributed by atoms with Gasteiger partial charge >= 0.3 is 0 Å². The number of nitro benzene ring substituents is 1. The van der Waals surface area contributed by atoms with Gasteiger partial charge in [-0.1, -0.05) is 42.5 Å². The molecule has 0 atom stereocenters. The first kappa shape index (κ1) is 23.0. The van der Waals surface area contributed by atoms with Crippen LogP contribution in [-0.4, -0.2) is 63.4 Å². The second kappa shape index (κ2) is 8.91. The first-order chi connectivity index (χ1) is 17.9. The van der Waals surface area contributed by atoms with Gasteiger partial charge in [0.25, 0.3) is 5.69 Å². The Hall–Kier alpha value is -4.42. The molecule has 1 aliphatic rings. The fourth-order valence-electron chi connectivity index (χ4n) is 4.64. The van der Waals surface area contributed by atoms with Crippen molar-refractivity contribution in [1.29, 1.82) is 0 Å². The first-order valence-electron chi connectivity index (χ1n) is 11.6. The largest absolute Gasteiger partial charge is 0.339 e. The third-order valence-electron chi connectivity index (χ3n) is 6.47. The van der Waals surface area contributed by atoms with Crippen LogP contribution in [0.3, 0.4) is 0 Å². The molecule has 1 aliphatic heterocycles. The molecule has 3 heterocycles. The lowest BCUT2D eigenvalue weighted by Crippen LogP contribution is -2.49. The number of benzene rings is 3. The highest BCUT2D eigenvalue weighted by Gasteiger charge is 2.31. The minimum Gasteiger partial charge on any atom is -0.339 e. The lowest BCUT2D eigenvalue weighted by molar-refractivity contribution is -0.384. The van der Waals surface area contributed by atoms with Crippen molar-refractivity contribution >= 4 is 38.2 Å². The lowest BCUT2D eigenvalue weighted by Gasteiger charge is -2.35. The van der Waals surface area contributed by atoms with Crippen LogP contribution < -0.4 is 4.90 Å². The zero-order valence-corrected chi connectivity index (χ0v) is 20.3. The molecule has 11 nitrogen and oxygen atoms in total. The summed E-state index contributed by atoms with van der Waals surface area (Å²) < 4.78 is 29.4. The molecule has 12 heteroatoms. The van der Waals surface area contributed by atoms with E-state index in [0.29, 0.717) is 41.6 Å². The van der Waals surface area contributed by atoms with Crippen molar-refractivity contribution in [1.82, 2.24) is 23.9 Å². The summed E-state index contributed by atoms with van der Waals surface area (Å²) >= 11 is 0. The van der Waals surface area contributed by atoms with E-state index in [2.05, 4.69) is 10.2 Å². The van der Waals surface area contributed by atoms with Crippen molar-refractivity contribution in [2.45, 2.75) is 4.90 Å². The maximum atomic E-state index is 13.1. The highest BCUT2D eigenvalue weighted by molar-refractivity contribution is 7.89. The molecule has 5 aromatic rings. The molecule has 0 N–H and O–H groups in total. The molecular weight excluding hydrogens is 494 g/mol. The Morgan fingerprint density at radius 2 is 1.49 bits per heavy atom. The molecule has 0 amide bonds. The maximum Gasteiger partial charge on any atom is 0.280 e. The van der Waals surface area contributed by atoms with Gasteiger partial charge in [0.2, 0.25) is 16.0 Å². The Balaban J connectivity index is 1.44. The number of piperazine rings is 1.